The second-order valence-corrected chi connectivity index (χ2v) is 3.23. The van der Waals surface area contributed by atoms with Crippen LogP contribution in [-0.4, -0.2) is 17.1 Å². The molecule has 0 aliphatic carbocycles. The van der Waals surface area contributed by atoms with Crippen molar-refractivity contribution in [2.24, 2.45) is 5.73 Å². The average Bonchev–Trinajstić information content (AvgIpc) is 2.14. The number of anilines is 1. The summed E-state index contributed by atoms with van der Waals surface area (Å²) >= 11 is 0. The number of hydrogen-bond acceptors (Lipinski definition) is 3. The summed E-state index contributed by atoms with van der Waals surface area (Å²) in [6.45, 7) is 0. The third-order valence-electron chi connectivity index (χ3n) is 2.01. The van der Waals surface area contributed by atoms with Crippen molar-refractivity contribution in [1.29, 1.82) is 0 Å². The van der Waals surface area contributed by atoms with Crippen LogP contribution in [0.25, 0.3) is 0 Å². The van der Waals surface area contributed by atoms with Gasteiger partial charge in [-0.15, -0.1) is 0 Å². The van der Waals surface area contributed by atoms with E-state index < -0.39 is 12.0 Å². The molecular formula is C10H14N2O2. The minimum Gasteiger partial charge on any atom is -0.480 e. The molecule has 0 saturated carbocycles. The van der Waals surface area contributed by atoms with Crippen LogP contribution in [0.1, 0.15) is 12.0 Å². The molecule has 1 atom stereocenters. The molecule has 4 heteroatoms. The predicted molar refractivity (Wildman–Crippen MR) is 54.8 cm³/mol. The van der Waals surface area contributed by atoms with Gasteiger partial charge in [0.05, 0.1) is 0 Å². The Morgan fingerprint density at radius 1 is 1.50 bits per heavy atom. The number of aryl methyl sites for hydroxylation is 1. The number of nitrogen functional groups attached to an aromatic ring is 1. The van der Waals surface area contributed by atoms with E-state index in [1.807, 2.05) is 18.2 Å². The Labute approximate surface area is 82.5 Å². The van der Waals surface area contributed by atoms with Gasteiger partial charge in [0, 0.05) is 5.69 Å². The maximum absolute atomic E-state index is 10.4. The zero-order valence-corrected chi connectivity index (χ0v) is 7.81. The van der Waals surface area contributed by atoms with Crippen molar-refractivity contribution in [2.45, 2.75) is 18.9 Å². The lowest BCUT2D eigenvalue weighted by Gasteiger charge is -2.06. The third kappa shape index (κ3) is 3.06. The summed E-state index contributed by atoms with van der Waals surface area (Å²) in [5.41, 5.74) is 12.7. The van der Waals surface area contributed by atoms with Crippen LogP contribution in [0, 0.1) is 0 Å². The largest absolute Gasteiger partial charge is 0.480 e. The first-order valence-electron chi connectivity index (χ1n) is 4.42. The molecule has 0 aliphatic heterocycles. The van der Waals surface area contributed by atoms with Gasteiger partial charge in [-0.2, -0.15) is 0 Å². The summed E-state index contributed by atoms with van der Waals surface area (Å²) < 4.78 is 0. The molecule has 0 unspecified atom stereocenters. The van der Waals surface area contributed by atoms with Crippen molar-refractivity contribution < 1.29 is 9.90 Å². The number of aliphatic carboxylic acids is 1. The van der Waals surface area contributed by atoms with E-state index in [0.29, 0.717) is 18.5 Å². The van der Waals surface area contributed by atoms with E-state index in [4.69, 9.17) is 16.6 Å². The van der Waals surface area contributed by atoms with Crippen LogP contribution < -0.4 is 11.5 Å². The molecule has 0 aliphatic rings. The lowest BCUT2D eigenvalue weighted by atomic mass is 10.1. The Kier molecular flexibility index (Phi) is 3.48. The van der Waals surface area contributed by atoms with Crippen molar-refractivity contribution in [3.63, 3.8) is 0 Å². The van der Waals surface area contributed by atoms with Gasteiger partial charge in [0.15, 0.2) is 0 Å². The Balaban J connectivity index is 2.49. The van der Waals surface area contributed by atoms with Crippen LogP contribution in [0.4, 0.5) is 5.69 Å². The maximum atomic E-state index is 10.4. The summed E-state index contributed by atoms with van der Waals surface area (Å²) in [5, 5.41) is 8.56. The molecule has 76 valence electrons. The first-order chi connectivity index (χ1) is 6.59. The van der Waals surface area contributed by atoms with E-state index >= 15 is 0 Å². The fraction of sp³-hybridized carbons (Fsp3) is 0.300. The van der Waals surface area contributed by atoms with Crippen LogP contribution in [-0.2, 0) is 11.2 Å². The van der Waals surface area contributed by atoms with Gasteiger partial charge in [-0.1, -0.05) is 12.1 Å². The van der Waals surface area contributed by atoms with E-state index in [-0.39, 0.29) is 0 Å². The Morgan fingerprint density at radius 3 is 2.79 bits per heavy atom. The van der Waals surface area contributed by atoms with Crippen LogP contribution in [0.3, 0.4) is 0 Å². The molecule has 0 bridgehead atoms. The minimum absolute atomic E-state index is 0.429. The van der Waals surface area contributed by atoms with Crippen molar-refractivity contribution in [3.8, 4) is 0 Å². The molecule has 5 N–H and O–H groups in total. The van der Waals surface area contributed by atoms with Crippen molar-refractivity contribution >= 4 is 11.7 Å². The van der Waals surface area contributed by atoms with Gasteiger partial charge in [0.1, 0.15) is 6.04 Å². The van der Waals surface area contributed by atoms with E-state index in [9.17, 15) is 4.79 Å². The molecule has 0 aromatic heterocycles. The molecule has 0 heterocycles. The fourth-order valence-electron chi connectivity index (χ4n) is 1.19. The molecule has 14 heavy (non-hydrogen) atoms. The quantitative estimate of drug-likeness (QED) is 0.613. The molecule has 4 nitrogen and oxygen atoms in total. The van der Waals surface area contributed by atoms with Gasteiger partial charge in [-0.05, 0) is 30.5 Å². The number of benzene rings is 1. The molecule has 1 aromatic carbocycles. The summed E-state index contributed by atoms with van der Waals surface area (Å²) in [5.74, 6) is -0.964. The first-order valence-corrected chi connectivity index (χ1v) is 4.42. The molecule has 0 fully saturated rings. The Morgan fingerprint density at radius 2 is 2.21 bits per heavy atom. The maximum Gasteiger partial charge on any atom is 0.320 e. The van der Waals surface area contributed by atoms with Gasteiger partial charge in [0.25, 0.3) is 0 Å². The highest BCUT2D eigenvalue weighted by molar-refractivity contribution is 5.73. The van der Waals surface area contributed by atoms with Crippen molar-refractivity contribution in [1.82, 2.24) is 0 Å². The molecule has 1 rings (SSSR count). The zero-order chi connectivity index (χ0) is 10.6. The van der Waals surface area contributed by atoms with Gasteiger partial charge in [0.2, 0.25) is 0 Å². The fourth-order valence-corrected chi connectivity index (χ4v) is 1.19. The van der Waals surface area contributed by atoms with E-state index in [0.717, 1.165) is 5.56 Å². The molecular weight excluding hydrogens is 180 g/mol. The highest BCUT2D eigenvalue weighted by Gasteiger charge is 2.10. The molecule has 0 saturated heterocycles. The predicted octanol–water partition coefficient (Wildman–Crippen LogP) is 0.613. The number of carboxylic acids is 1. The lowest BCUT2D eigenvalue weighted by Crippen LogP contribution is -2.30. The second kappa shape index (κ2) is 4.62. The highest BCUT2D eigenvalue weighted by atomic mass is 16.4. The summed E-state index contributed by atoms with van der Waals surface area (Å²) in [6.07, 6.45) is 1.07. The van der Waals surface area contributed by atoms with E-state index in [2.05, 4.69) is 0 Å². The van der Waals surface area contributed by atoms with Gasteiger partial charge in [-0.3, -0.25) is 4.79 Å². The highest BCUT2D eigenvalue weighted by Crippen LogP contribution is 2.09. The van der Waals surface area contributed by atoms with E-state index in [1.54, 1.807) is 6.07 Å². The monoisotopic (exact) mass is 194 g/mol. The van der Waals surface area contributed by atoms with Gasteiger partial charge >= 0.3 is 5.97 Å². The Bertz CT molecular complexity index is 326. The molecule has 0 radical (unpaired) electrons. The number of carboxylic acid groups (broad SMARTS) is 1. The smallest absolute Gasteiger partial charge is 0.320 e. The lowest BCUT2D eigenvalue weighted by molar-refractivity contribution is -0.138. The van der Waals surface area contributed by atoms with Gasteiger partial charge in [-0.25, -0.2) is 0 Å². The topological polar surface area (TPSA) is 89.3 Å². The first kappa shape index (κ1) is 10.5. The van der Waals surface area contributed by atoms with Crippen LogP contribution >= 0.6 is 0 Å². The minimum atomic E-state index is -0.964. The third-order valence-corrected chi connectivity index (χ3v) is 2.01. The molecule has 0 spiro atoms. The number of hydrogen-bond donors (Lipinski definition) is 3. The van der Waals surface area contributed by atoms with E-state index in [1.165, 1.54) is 0 Å². The van der Waals surface area contributed by atoms with Crippen LogP contribution in [0.5, 0.6) is 0 Å². The van der Waals surface area contributed by atoms with Gasteiger partial charge < -0.3 is 16.6 Å². The summed E-state index contributed by atoms with van der Waals surface area (Å²) in [6, 6.07) is 6.58. The average molecular weight is 194 g/mol. The standard InChI is InChI=1S/C10H14N2O2/c11-8-3-1-2-7(6-8)4-5-9(12)10(13)14/h1-3,6,9H,4-5,11-12H2,(H,13,14)/t9-/m0/s1. The normalized spacial score (nSPS) is 12.4. The SMILES string of the molecule is Nc1cccc(CC[C@H](N)C(=O)O)c1. The second-order valence-electron chi connectivity index (χ2n) is 3.23. The van der Waals surface area contributed by atoms with Crippen LogP contribution in [0.15, 0.2) is 24.3 Å². The van der Waals surface area contributed by atoms with Crippen molar-refractivity contribution in [2.75, 3.05) is 5.73 Å². The number of carbonyl (C=O) groups is 1. The molecule has 1 aromatic rings. The molecule has 0 amide bonds. The number of rotatable bonds is 4. The summed E-state index contributed by atoms with van der Waals surface area (Å²) in [4.78, 5) is 10.4. The zero-order valence-electron chi connectivity index (χ0n) is 7.81. The van der Waals surface area contributed by atoms with Crippen LogP contribution in [0.2, 0.25) is 0 Å². The summed E-state index contributed by atoms with van der Waals surface area (Å²) in [7, 11) is 0. The van der Waals surface area contributed by atoms with Crippen molar-refractivity contribution in [3.05, 3.63) is 29.8 Å². The Hall–Kier alpha value is -1.55. The number of nitrogens with two attached hydrogens (primary N) is 2.